The monoisotopic (exact) mass is 410 g/mol. The molecule has 0 saturated heterocycles. The number of hydrogen-bond acceptors (Lipinski definition) is 5. The summed E-state index contributed by atoms with van der Waals surface area (Å²) >= 11 is 1.50. The van der Waals surface area contributed by atoms with Crippen LogP contribution in [-0.2, 0) is 29.0 Å². The van der Waals surface area contributed by atoms with E-state index in [0.717, 1.165) is 32.1 Å². The molecule has 7 heteroatoms. The average molecular weight is 410 g/mol. The molecule has 1 heterocycles. The van der Waals surface area contributed by atoms with E-state index in [2.05, 4.69) is 10.3 Å². The number of carboxylic acid groups (broad SMARTS) is 1. The number of rotatable bonds is 7. The van der Waals surface area contributed by atoms with Crippen molar-refractivity contribution in [3.05, 3.63) is 58.6 Å². The Kier molecular flexibility index (Phi) is 5.24. The lowest BCUT2D eigenvalue weighted by Crippen LogP contribution is -2.43. The van der Waals surface area contributed by atoms with Crippen LogP contribution in [0.2, 0.25) is 0 Å². The first-order valence-corrected chi connectivity index (χ1v) is 10.4. The number of fused-ring (bicyclic) bond motifs is 2. The number of aromatic nitrogens is 1. The number of nitrogens with one attached hydrogen (secondary N) is 1. The second-order valence-electron chi connectivity index (χ2n) is 7.30. The van der Waals surface area contributed by atoms with Gasteiger partial charge in [0.2, 0.25) is 5.91 Å². The largest absolute Gasteiger partial charge is 0.492 e. The van der Waals surface area contributed by atoms with Crippen LogP contribution >= 0.6 is 11.3 Å². The molecule has 1 aliphatic rings. The molecule has 0 spiro atoms. The van der Waals surface area contributed by atoms with Crippen molar-refractivity contribution in [2.75, 3.05) is 6.61 Å². The van der Waals surface area contributed by atoms with Gasteiger partial charge in [-0.2, -0.15) is 0 Å². The Balaban J connectivity index is 1.53. The molecule has 0 bridgehead atoms. The van der Waals surface area contributed by atoms with E-state index in [1.165, 1.54) is 11.3 Å². The van der Waals surface area contributed by atoms with Crippen molar-refractivity contribution < 1.29 is 19.4 Å². The summed E-state index contributed by atoms with van der Waals surface area (Å²) in [6.45, 7) is 2.75. The molecule has 4 rings (SSSR count). The van der Waals surface area contributed by atoms with E-state index in [-0.39, 0.29) is 18.9 Å². The van der Waals surface area contributed by atoms with Gasteiger partial charge >= 0.3 is 5.97 Å². The fourth-order valence-electron chi connectivity index (χ4n) is 4.01. The first-order chi connectivity index (χ1) is 14.0. The predicted octanol–water partition coefficient (Wildman–Crippen LogP) is 3.57. The van der Waals surface area contributed by atoms with E-state index >= 15 is 0 Å². The summed E-state index contributed by atoms with van der Waals surface area (Å²) in [5.74, 6) is -0.470. The standard InChI is InChI=1S/C22H22N2O4S/c1-2-28-16-8-5-9-17-20(16)24-18(29-17)13-23-21(27)22(12-19(25)26)10-14-6-3-4-7-15(14)11-22/h3-9H,2,10-13H2,1H3,(H,23,27)(H,25,26). The van der Waals surface area contributed by atoms with Crippen LogP contribution in [0.5, 0.6) is 5.75 Å². The van der Waals surface area contributed by atoms with Gasteiger partial charge in [-0.1, -0.05) is 30.3 Å². The van der Waals surface area contributed by atoms with Gasteiger partial charge in [-0.05, 0) is 43.0 Å². The summed E-state index contributed by atoms with van der Waals surface area (Å²) < 4.78 is 6.62. The Labute approximate surface area is 172 Å². The summed E-state index contributed by atoms with van der Waals surface area (Å²) in [5, 5.41) is 13.1. The highest BCUT2D eigenvalue weighted by atomic mass is 32.1. The van der Waals surface area contributed by atoms with Crippen LogP contribution in [0.1, 0.15) is 29.5 Å². The summed E-state index contributed by atoms with van der Waals surface area (Å²) in [5.41, 5.74) is 1.93. The quantitative estimate of drug-likeness (QED) is 0.622. The number of amides is 1. The molecule has 0 saturated carbocycles. The molecule has 0 fully saturated rings. The molecule has 1 aromatic heterocycles. The molecule has 3 aromatic rings. The first-order valence-electron chi connectivity index (χ1n) is 9.59. The van der Waals surface area contributed by atoms with Crippen molar-refractivity contribution in [3.8, 4) is 5.75 Å². The molecule has 1 amide bonds. The topological polar surface area (TPSA) is 88.5 Å². The second kappa shape index (κ2) is 7.83. The predicted molar refractivity (Wildman–Crippen MR) is 111 cm³/mol. The normalized spacial score (nSPS) is 14.5. The molecule has 29 heavy (non-hydrogen) atoms. The highest BCUT2D eigenvalue weighted by Gasteiger charge is 2.45. The molecule has 150 valence electrons. The molecule has 1 aliphatic carbocycles. The van der Waals surface area contributed by atoms with Gasteiger partial charge in [0, 0.05) is 0 Å². The van der Waals surface area contributed by atoms with E-state index in [1.807, 2.05) is 49.4 Å². The molecule has 0 aliphatic heterocycles. The number of benzene rings is 2. The van der Waals surface area contributed by atoms with Gasteiger partial charge in [0.1, 0.15) is 16.3 Å². The van der Waals surface area contributed by atoms with Crippen molar-refractivity contribution in [3.63, 3.8) is 0 Å². The van der Waals surface area contributed by atoms with Gasteiger partial charge in [0.15, 0.2) is 0 Å². The van der Waals surface area contributed by atoms with Gasteiger partial charge in [-0.3, -0.25) is 9.59 Å². The molecule has 2 N–H and O–H groups in total. The minimum absolute atomic E-state index is 0.193. The van der Waals surface area contributed by atoms with Crippen LogP contribution in [0.4, 0.5) is 0 Å². The molecule has 0 atom stereocenters. The smallest absolute Gasteiger partial charge is 0.304 e. The van der Waals surface area contributed by atoms with E-state index in [9.17, 15) is 14.7 Å². The van der Waals surface area contributed by atoms with Gasteiger partial charge < -0.3 is 15.2 Å². The van der Waals surface area contributed by atoms with Crippen molar-refractivity contribution in [2.45, 2.75) is 32.7 Å². The van der Waals surface area contributed by atoms with E-state index in [0.29, 0.717) is 19.4 Å². The van der Waals surface area contributed by atoms with Crippen molar-refractivity contribution in [1.29, 1.82) is 0 Å². The molecule has 0 unspecified atom stereocenters. The fraction of sp³-hybridized carbons (Fsp3) is 0.318. The number of carbonyl (C=O) groups excluding carboxylic acids is 1. The lowest BCUT2D eigenvalue weighted by molar-refractivity contribution is -0.145. The van der Waals surface area contributed by atoms with Crippen molar-refractivity contribution in [2.24, 2.45) is 5.41 Å². The number of aliphatic carboxylic acids is 1. The lowest BCUT2D eigenvalue weighted by atomic mass is 9.80. The SMILES string of the molecule is CCOc1cccc2sc(CNC(=O)C3(CC(=O)O)Cc4ccccc4C3)nc12. The minimum Gasteiger partial charge on any atom is -0.492 e. The van der Waals surface area contributed by atoms with E-state index in [1.54, 1.807) is 0 Å². The van der Waals surface area contributed by atoms with Crippen molar-refractivity contribution >= 4 is 33.4 Å². The van der Waals surface area contributed by atoms with Crippen LogP contribution in [-0.4, -0.2) is 28.6 Å². The van der Waals surface area contributed by atoms with Crippen molar-refractivity contribution in [1.82, 2.24) is 10.3 Å². The van der Waals surface area contributed by atoms with Crippen LogP contribution in [0.25, 0.3) is 10.2 Å². The van der Waals surface area contributed by atoms with Crippen LogP contribution in [0, 0.1) is 5.41 Å². The number of para-hydroxylation sites is 1. The summed E-state index contributed by atoms with van der Waals surface area (Å²) in [6.07, 6.45) is 0.688. The summed E-state index contributed by atoms with van der Waals surface area (Å²) in [7, 11) is 0. The van der Waals surface area contributed by atoms with Gasteiger partial charge in [0.05, 0.1) is 29.7 Å². The maximum absolute atomic E-state index is 13.1. The number of carbonyl (C=O) groups is 2. The van der Waals surface area contributed by atoms with Crippen LogP contribution < -0.4 is 10.1 Å². The van der Waals surface area contributed by atoms with Gasteiger partial charge in [-0.25, -0.2) is 4.98 Å². The molecular weight excluding hydrogens is 388 g/mol. The first kappa shape index (κ1) is 19.4. The Morgan fingerprint density at radius 2 is 1.90 bits per heavy atom. The molecule has 6 nitrogen and oxygen atoms in total. The number of hydrogen-bond donors (Lipinski definition) is 2. The minimum atomic E-state index is -0.964. The fourth-order valence-corrected chi connectivity index (χ4v) is 4.93. The van der Waals surface area contributed by atoms with Crippen LogP contribution in [0.3, 0.4) is 0 Å². The third kappa shape index (κ3) is 3.82. The van der Waals surface area contributed by atoms with Gasteiger partial charge in [0.25, 0.3) is 0 Å². The lowest BCUT2D eigenvalue weighted by Gasteiger charge is -2.25. The Bertz CT molecular complexity index is 1050. The summed E-state index contributed by atoms with van der Waals surface area (Å²) in [6, 6.07) is 13.6. The Morgan fingerprint density at radius 3 is 2.55 bits per heavy atom. The van der Waals surface area contributed by atoms with Gasteiger partial charge in [-0.15, -0.1) is 11.3 Å². The maximum atomic E-state index is 13.1. The molecular formula is C22H22N2O4S. The average Bonchev–Trinajstić information content (AvgIpc) is 3.27. The Morgan fingerprint density at radius 1 is 1.17 bits per heavy atom. The zero-order valence-corrected chi connectivity index (χ0v) is 16.9. The maximum Gasteiger partial charge on any atom is 0.304 e. The number of carboxylic acids is 1. The second-order valence-corrected chi connectivity index (χ2v) is 8.41. The van der Waals surface area contributed by atoms with Crippen LogP contribution in [0.15, 0.2) is 42.5 Å². The number of ether oxygens (including phenoxy) is 1. The molecule has 2 aromatic carbocycles. The molecule has 0 radical (unpaired) electrons. The third-order valence-corrected chi connectivity index (χ3v) is 6.29. The summed E-state index contributed by atoms with van der Waals surface area (Å²) in [4.78, 5) is 29.2. The van der Waals surface area contributed by atoms with E-state index < -0.39 is 11.4 Å². The highest BCUT2D eigenvalue weighted by molar-refractivity contribution is 7.18. The third-order valence-electron chi connectivity index (χ3n) is 5.27. The van der Waals surface area contributed by atoms with E-state index in [4.69, 9.17) is 4.74 Å². The zero-order valence-electron chi connectivity index (χ0n) is 16.1. The highest BCUT2D eigenvalue weighted by Crippen LogP contribution is 2.40. The Hall–Kier alpha value is -2.93. The zero-order chi connectivity index (χ0) is 20.4. The number of nitrogens with zero attached hydrogens (tertiary/aromatic N) is 1. The number of thiazole rings is 1.